The predicted molar refractivity (Wildman–Crippen MR) is 87.3 cm³/mol. The van der Waals surface area contributed by atoms with Gasteiger partial charge in [-0.05, 0) is 49.1 Å². The highest BCUT2D eigenvalue weighted by molar-refractivity contribution is 6.28. The van der Waals surface area contributed by atoms with E-state index in [1.165, 1.54) is 18.4 Å². The van der Waals surface area contributed by atoms with Crippen LogP contribution in [0.5, 0.6) is 0 Å². The number of aromatic nitrogens is 3. The van der Waals surface area contributed by atoms with Gasteiger partial charge in [0.1, 0.15) is 0 Å². The Morgan fingerprint density at radius 3 is 2.38 bits per heavy atom. The van der Waals surface area contributed by atoms with E-state index in [1.807, 2.05) is 19.1 Å². The fraction of sp³-hybridized carbons (Fsp3) is 0.400. The normalized spacial score (nSPS) is 10.4. The van der Waals surface area contributed by atoms with Crippen molar-refractivity contribution in [1.82, 2.24) is 15.0 Å². The Morgan fingerprint density at radius 2 is 1.71 bits per heavy atom. The standard InChI is InChI=1S/C15H20ClN5/c1-3-5-6-11-7-9-12(10-8-11)18-15-20-13(16)19-14(21-15)17-4-2/h7-10H,3-6H2,1-2H3,(H2,17,18,19,20,21). The first kappa shape index (κ1) is 15.5. The molecule has 5 nitrogen and oxygen atoms in total. The third-order valence-electron chi connectivity index (χ3n) is 2.97. The Labute approximate surface area is 130 Å². The summed E-state index contributed by atoms with van der Waals surface area (Å²) in [6.45, 7) is 4.90. The van der Waals surface area contributed by atoms with Crippen LogP contribution < -0.4 is 10.6 Å². The number of hydrogen-bond acceptors (Lipinski definition) is 5. The van der Waals surface area contributed by atoms with Gasteiger partial charge in [-0.1, -0.05) is 25.5 Å². The van der Waals surface area contributed by atoms with Gasteiger partial charge in [0.2, 0.25) is 17.2 Å². The van der Waals surface area contributed by atoms with E-state index in [1.54, 1.807) is 0 Å². The average molecular weight is 306 g/mol. The van der Waals surface area contributed by atoms with Crippen LogP contribution in [0.3, 0.4) is 0 Å². The molecule has 21 heavy (non-hydrogen) atoms. The summed E-state index contributed by atoms with van der Waals surface area (Å²) in [7, 11) is 0. The average Bonchev–Trinajstić information content (AvgIpc) is 2.46. The van der Waals surface area contributed by atoms with E-state index >= 15 is 0 Å². The van der Waals surface area contributed by atoms with Crippen LogP contribution in [-0.4, -0.2) is 21.5 Å². The van der Waals surface area contributed by atoms with Crippen molar-refractivity contribution in [3.8, 4) is 0 Å². The molecule has 2 aromatic rings. The maximum Gasteiger partial charge on any atom is 0.233 e. The molecule has 0 bridgehead atoms. The molecular weight excluding hydrogens is 286 g/mol. The summed E-state index contributed by atoms with van der Waals surface area (Å²) in [6, 6.07) is 8.28. The highest BCUT2D eigenvalue weighted by Gasteiger charge is 2.04. The molecule has 1 aromatic carbocycles. The molecule has 1 heterocycles. The SMILES string of the molecule is CCCCc1ccc(Nc2nc(Cl)nc(NCC)n2)cc1. The topological polar surface area (TPSA) is 62.7 Å². The van der Waals surface area contributed by atoms with Crippen molar-refractivity contribution in [2.75, 3.05) is 17.2 Å². The molecule has 0 spiro atoms. The van der Waals surface area contributed by atoms with Crippen molar-refractivity contribution in [2.24, 2.45) is 0 Å². The van der Waals surface area contributed by atoms with Gasteiger partial charge in [0.25, 0.3) is 0 Å². The van der Waals surface area contributed by atoms with E-state index < -0.39 is 0 Å². The smallest absolute Gasteiger partial charge is 0.233 e. The van der Waals surface area contributed by atoms with Crippen LogP contribution in [-0.2, 0) is 6.42 Å². The Balaban J connectivity index is 2.07. The van der Waals surface area contributed by atoms with E-state index in [2.05, 4.69) is 44.6 Å². The fourth-order valence-corrected chi connectivity index (χ4v) is 2.07. The Bertz CT molecular complexity index is 571. The Hall–Kier alpha value is -1.88. The Morgan fingerprint density at radius 1 is 1.00 bits per heavy atom. The highest BCUT2D eigenvalue weighted by atomic mass is 35.5. The first-order valence-corrected chi connectivity index (χ1v) is 7.60. The summed E-state index contributed by atoms with van der Waals surface area (Å²) in [5, 5.41) is 6.33. The summed E-state index contributed by atoms with van der Waals surface area (Å²) in [4.78, 5) is 12.3. The number of rotatable bonds is 7. The van der Waals surface area contributed by atoms with Crippen LogP contribution in [0.25, 0.3) is 0 Å². The van der Waals surface area contributed by atoms with Crippen molar-refractivity contribution in [2.45, 2.75) is 33.1 Å². The second kappa shape index (κ2) is 7.78. The van der Waals surface area contributed by atoms with Crippen molar-refractivity contribution in [1.29, 1.82) is 0 Å². The lowest BCUT2D eigenvalue weighted by atomic mass is 10.1. The molecule has 1 aromatic heterocycles. The van der Waals surface area contributed by atoms with Crippen LogP contribution >= 0.6 is 11.6 Å². The zero-order chi connectivity index (χ0) is 15.1. The summed E-state index contributed by atoms with van der Waals surface area (Å²) in [6.07, 6.45) is 3.53. The van der Waals surface area contributed by atoms with Crippen LogP contribution in [0, 0.1) is 0 Å². The van der Waals surface area contributed by atoms with Gasteiger partial charge < -0.3 is 10.6 Å². The molecule has 0 radical (unpaired) electrons. The van der Waals surface area contributed by atoms with E-state index in [0.717, 1.165) is 18.7 Å². The van der Waals surface area contributed by atoms with E-state index in [9.17, 15) is 0 Å². The second-order valence-corrected chi connectivity index (χ2v) is 5.05. The van der Waals surface area contributed by atoms with Crippen LogP contribution in [0.2, 0.25) is 5.28 Å². The molecule has 0 atom stereocenters. The van der Waals surface area contributed by atoms with Crippen LogP contribution in [0.15, 0.2) is 24.3 Å². The van der Waals surface area contributed by atoms with Gasteiger partial charge in [-0.2, -0.15) is 15.0 Å². The van der Waals surface area contributed by atoms with Crippen molar-refractivity contribution in [3.63, 3.8) is 0 Å². The number of nitrogens with one attached hydrogen (secondary N) is 2. The lowest BCUT2D eigenvalue weighted by Crippen LogP contribution is -2.06. The van der Waals surface area contributed by atoms with Gasteiger partial charge in [0, 0.05) is 12.2 Å². The molecule has 0 aliphatic rings. The van der Waals surface area contributed by atoms with Crippen molar-refractivity contribution in [3.05, 3.63) is 35.1 Å². The van der Waals surface area contributed by atoms with Crippen molar-refractivity contribution < 1.29 is 0 Å². The Kier molecular flexibility index (Phi) is 5.75. The van der Waals surface area contributed by atoms with Gasteiger partial charge >= 0.3 is 0 Å². The molecule has 0 aliphatic heterocycles. The van der Waals surface area contributed by atoms with Gasteiger partial charge in [0.15, 0.2) is 0 Å². The molecule has 0 amide bonds. The minimum absolute atomic E-state index is 0.169. The van der Waals surface area contributed by atoms with Crippen LogP contribution in [0.4, 0.5) is 17.6 Å². The molecule has 0 fully saturated rings. The monoisotopic (exact) mass is 305 g/mol. The zero-order valence-corrected chi connectivity index (χ0v) is 13.1. The van der Waals surface area contributed by atoms with E-state index in [4.69, 9.17) is 11.6 Å². The second-order valence-electron chi connectivity index (χ2n) is 4.71. The van der Waals surface area contributed by atoms with Crippen LogP contribution in [0.1, 0.15) is 32.3 Å². The number of benzene rings is 1. The number of aryl methyl sites for hydroxylation is 1. The molecule has 0 aliphatic carbocycles. The number of hydrogen-bond donors (Lipinski definition) is 2. The maximum absolute atomic E-state index is 5.89. The molecule has 2 rings (SSSR count). The number of unbranched alkanes of at least 4 members (excludes halogenated alkanes) is 1. The minimum atomic E-state index is 0.169. The molecule has 0 unspecified atom stereocenters. The summed E-state index contributed by atoms with van der Waals surface area (Å²) >= 11 is 5.89. The predicted octanol–water partition coefficient (Wildman–Crippen LogP) is 4.04. The fourth-order valence-electron chi connectivity index (χ4n) is 1.91. The maximum atomic E-state index is 5.89. The largest absolute Gasteiger partial charge is 0.354 e. The lowest BCUT2D eigenvalue weighted by molar-refractivity contribution is 0.795. The van der Waals surface area contributed by atoms with Gasteiger partial charge in [-0.15, -0.1) is 0 Å². The van der Waals surface area contributed by atoms with Gasteiger partial charge in [-0.25, -0.2) is 0 Å². The number of nitrogens with zero attached hydrogens (tertiary/aromatic N) is 3. The summed E-state index contributed by atoms with van der Waals surface area (Å²) in [5.74, 6) is 0.909. The third kappa shape index (κ3) is 4.86. The molecule has 2 N–H and O–H groups in total. The van der Waals surface area contributed by atoms with Gasteiger partial charge in [0.05, 0.1) is 0 Å². The summed E-state index contributed by atoms with van der Waals surface area (Å²) < 4.78 is 0. The van der Waals surface area contributed by atoms with E-state index in [0.29, 0.717) is 11.9 Å². The zero-order valence-electron chi connectivity index (χ0n) is 12.4. The first-order chi connectivity index (χ1) is 10.2. The molecule has 112 valence electrons. The number of halogens is 1. The quantitative estimate of drug-likeness (QED) is 0.808. The molecule has 0 saturated carbocycles. The first-order valence-electron chi connectivity index (χ1n) is 7.22. The molecule has 0 saturated heterocycles. The summed E-state index contributed by atoms with van der Waals surface area (Å²) in [5.41, 5.74) is 2.27. The van der Waals surface area contributed by atoms with Crippen molar-refractivity contribution >= 4 is 29.2 Å². The van der Waals surface area contributed by atoms with Gasteiger partial charge in [-0.3, -0.25) is 0 Å². The van der Waals surface area contributed by atoms with E-state index in [-0.39, 0.29) is 5.28 Å². The third-order valence-corrected chi connectivity index (χ3v) is 3.14. The molecular formula is C15H20ClN5. The minimum Gasteiger partial charge on any atom is -0.354 e. The highest BCUT2D eigenvalue weighted by Crippen LogP contribution is 2.17. The molecule has 6 heteroatoms. The lowest BCUT2D eigenvalue weighted by Gasteiger charge is -2.08. The number of anilines is 3.